The lowest BCUT2D eigenvalue weighted by Gasteiger charge is -2.20. The summed E-state index contributed by atoms with van der Waals surface area (Å²) in [4.78, 5) is 36.2. The van der Waals surface area contributed by atoms with Crippen LogP contribution < -0.4 is 15.4 Å². The van der Waals surface area contributed by atoms with Gasteiger partial charge in [0.2, 0.25) is 11.9 Å². The minimum absolute atomic E-state index is 0.0682. The molecule has 0 bridgehead atoms. The summed E-state index contributed by atoms with van der Waals surface area (Å²) in [6.07, 6.45) is -0.204. The second kappa shape index (κ2) is 9.02. The van der Waals surface area contributed by atoms with E-state index in [0.717, 1.165) is 12.2 Å². The van der Waals surface area contributed by atoms with Crippen molar-refractivity contribution in [1.82, 2.24) is 19.5 Å². The Morgan fingerprint density at radius 1 is 1.29 bits per heavy atom. The molecule has 1 unspecified atom stereocenters. The first-order valence-corrected chi connectivity index (χ1v) is 10.6. The average molecular weight is 507 g/mol. The number of imidazole rings is 1. The van der Waals surface area contributed by atoms with Crippen molar-refractivity contribution in [2.24, 2.45) is 13.0 Å². The smallest absolute Gasteiger partial charge is 0.416 e. The number of hydrogen-bond acceptors (Lipinski definition) is 7. The van der Waals surface area contributed by atoms with Gasteiger partial charge in [-0.15, -0.1) is 0 Å². The number of amides is 1. The van der Waals surface area contributed by atoms with Crippen LogP contribution in [0.15, 0.2) is 47.9 Å². The Morgan fingerprint density at radius 3 is 2.71 bits per heavy atom. The number of rotatable bonds is 5. The molecule has 0 fully saturated rings. The third-order valence-corrected chi connectivity index (χ3v) is 5.42. The summed E-state index contributed by atoms with van der Waals surface area (Å²) in [5.74, 6) is -0.940. The van der Waals surface area contributed by atoms with Crippen LogP contribution in [0.2, 0.25) is 5.02 Å². The fourth-order valence-electron chi connectivity index (χ4n) is 3.41. The number of ketones is 1. The Hall–Kier alpha value is -3.93. The topological polar surface area (TPSA) is 111 Å². The second-order valence-corrected chi connectivity index (χ2v) is 8.10. The third-order valence-electron chi connectivity index (χ3n) is 5.05. The van der Waals surface area contributed by atoms with Gasteiger partial charge in [-0.05, 0) is 12.1 Å². The molecule has 1 atom stereocenters. The van der Waals surface area contributed by atoms with Gasteiger partial charge in [0.25, 0.3) is 0 Å². The van der Waals surface area contributed by atoms with E-state index in [1.54, 1.807) is 13.1 Å². The molecule has 9 nitrogen and oxygen atoms in total. The Balaban J connectivity index is 1.66. The van der Waals surface area contributed by atoms with Crippen molar-refractivity contribution >= 4 is 46.2 Å². The highest BCUT2D eigenvalue weighted by Crippen LogP contribution is 2.37. The van der Waals surface area contributed by atoms with Crippen LogP contribution in [0.4, 0.5) is 24.9 Å². The number of fused-ring (bicyclic) bond motifs is 1. The second-order valence-electron chi connectivity index (χ2n) is 7.72. The Bertz CT molecular complexity index is 1410. The lowest BCUT2D eigenvalue weighted by atomic mass is 9.93. The SMILES string of the molecule is CC(=O)Nc1cc(Oc2cnc3nc(NC4=CC(C(F)(F)F)=CC(C)C4=O)n(C)c3c2Cl)ccn1. The maximum atomic E-state index is 13.2. The van der Waals surface area contributed by atoms with Gasteiger partial charge in [-0.1, -0.05) is 24.6 Å². The zero-order valence-electron chi connectivity index (χ0n) is 18.6. The van der Waals surface area contributed by atoms with E-state index in [4.69, 9.17) is 16.3 Å². The van der Waals surface area contributed by atoms with Crippen molar-refractivity contribution in [2.75, 3.05) is 10.6 Å². The number of anilines is 2. The third kappa shape index (κ3) is 4.97. The molecule has 3 aromatic heterocycles. The normalized spacial score (nSPS) is 16.1. The van der Waals surface area contributed by atoms with E-state index >= 15 is 0 Å². The van der Waals surface area contributed by atoms with Crippen LogP contribution in [0, 0.1) is 5.92 Å². The van der Waals surface area contributed by atoms with Crippen LogP contribution in [0.5, 0.6) is 11.5 Å². The number of pyridine rings is 2. The maximum absolute atomic E-state index is 13.2. The first-order chi connectivity index (χ1) is 16.4. The number of hydrogen-bond donors (Lipinski definition) is 2. The zero-order chi connectivity index (χ0) is 25.5. The fourth-order valence-corrected chi connectivity index (χ4v) is 3.70. The van der Waals surface area contributed by atoms with Gasteiger partial charge in [-0.2, -0.15) is 18.2 Å². The Kier molecular flexibility index (Phi) is 6.24. The molecular formula is C22H18ClF3N6O3. The molecule has 2 N–H and O–H groups in total. The van der Waals surface area contributed by atoms with Crippen molar-refractivity contribution < 1.29 is 27.5 Å². The van der Waals surface area contributed by atoms with Crippen molar-refractivity contribution in [3.63, 3.8) is 0 Å². The van der Waals surface area contributed by atoms with Crippen molar-refractivity contribution in [2.45, 2.75) is 20.0 Å². The number of aryl methyl sites for hydroxylation is 1. The minimum atomic E-state index is -4.60. The Labute approximate surface area is 201 Å². The van der Waals surface area contributed by atoms with Gasteiger partial charge < -0.3 is 19.9 Å². The summed E-state index contributed by atoms with van der Waals surface area (Å²) in [6, 6.07) is 3.04. The molecule has 13 heteroatoms. The van der Waals surface area contributed by atoms with Gasteiger partial charge in [-0.3, -0.25) is 9.59 Å². The summed E-state index contributed by atoms with van der Waals surface area (Å²) in [5.41, 5.74) is -0.662. The predicted molar refractivity (Wildman–Crippen MR) is 122 cm³/mol. The average Bonchev–Trinajstić information content (AvgIpc) is 3.08. The van der Waals surface area contributed by atoms with Crippen LogP contribution in [-0.2, 0) is 16.6 Å². The summed E-state index contributed by atoms with van der Waals surface area (Å²) in [6.45, 7) is 2.73. The number of nitrogens with one attached hydrogen (secondary N) is 2. The molecule has 1 amide bonds. The highest BCUT2D eigenvalue weighted by molar-refractivity contribution is 6.36. The lowest BCUT2D eigenvalue weighted by Crippen LogP contribution is -2.26. The number of carbonyl (C=O) groups is 2. The molecule has 0 saturated carbocycles. The lowest BCUT2D eigenvalue weighted by molar-refractivity contribution is -0.118. The van der Waals surface area contributed by atoms with Gasteiger partial charge in [0.15, 0.2) is 17.2 Å². The number of allylic oxidation sites excluding steroid dienone is 4. The van der Waals surface area contributed by atoms with Crippen LogP contribution >= 0.6 is 11.6 Å². The number of ether oxygens (including phenoxy) is 1. The van der Waals surface area contributed by atoms with E-state index in [1.165, 1.54) is 36.9 Å². The highest BCUT2D eigenvalue weighted by atomic mass is 35.5. The van der Waals surface area contributed by atoms with E-state index in [1.807, 2.05) is 0 Å². The molecule has 1 aliphatic carbocycles. The van der Waals surface area contributed by atoms with Gasteiger partial charge in [0, 0.05) is 32.2 Å². The number of nitrogens with zero attached hydrogens (tertiary/aromatic N) is 4. The molecule has 35 heavy (non-hydrogen) atoms. The molecule has 1 aliphatic rings. The van der Waals surface area contributed by atoms with Gasteiger partial charge >= 0.3 is 6.18 Å². The summed E-state index contributed by atoms with van der Waals surface area (Å²) in [7, 11) is 1.56. The standard InChI is InChI=1S/C22H18ClF3N6O3/c1-10-6-12(22(24,25)26)7-14(19(10)34)30-21-31-20-18(32(21)3)17(23)15(9-28-20)35-13-4-5-27-16(8-13)29-11(2)33/h4-10H,1-3H3,(H,27,29,33)(H,28,30,31). The van der Waals surface area contributed by atoms with Crippen LogP contribution in [0.1, 0.15) is 13.8 Å². The molecule has 0 radical (unpaired) electrons. The van der Waals surface area contributed by atoms with E-state index < -0.39 is 23.5 Å². The first kappa shape index (κ1) is 24.2. The molecule has 0 aromatic carbocycles. The number of halogens is 4. The van der Waals surface area contributed by atoms with Crippen LogP contribution in [0.3, 0.4) is 0 Å². The highest BCUT2D eigenvalue weighted by Gasteiger charge is 2.37. The van der Waals surface area contributed by atoms with Gasteiger partial charge in [0.05, 0.1) is 17.5 Å². The number of alkyl halides is 3. The first-order valence-electron chi connectivity index (χ1n) is 10.2. The van der Waals surface area contributed by atoms with Crippen LogP contribution in [0.25, 0.3) is 11.2 Å². The summed E-state index contributed by atoms with van der Waals surface area (Å²) < 4.78 is 46.9. The molecule has 0 aliphatic heterocycles. The Morgan fingerprint density at radius 2 is 2.03 bits per heavy atom. The van der Waals surface area contributed by atoms with Crippen molar-refractivity contribution in [3.8, 4) is 11.5 Å². The van der Waals surface area contributed by atoms with E-state index in [2.05, 4.69) is 25.6 Å². The summed E-state index contributed by atoms with van der Waals surface area (Å²) in [5, 5.41) is 5.34. The quantitative estimate of drug-likeness (QED) is 0.512. The van der Waals surface area contributed by atoms with Gasteiger partial charge in [0.1, 0.15) is 22.1 Å². The molecule has 4 rings (SSSR count). The number of Topliss-reactive ketones (excluding diaryl/α,β-unsaturated/α-hetero) is 1. The van der Waals surface area contributed by atoms with E-state index in [0.29, 0.717) is 11.3 Å². The van der Waals surface area contributed by atoms with E-state index in [9.17, 15) is 22.8 Å². The van der Waals surface area contributed by atoms with Crippen LogP contribution in [-0.4, -0.2) is 37.4 Å². The van der Waals surface area contributed by atoms with Crippen molar-refractivity contribution in [1.29, 1.82) is 0 Å². The van der Waals surface area contributed by atoms with Crippen molar-refractivity contribution in [3.05, 3.63) is 53.0 Å². The van der Waals surface area contributed by atoms with E-state index in [-0.39, 0.29) is 39.8 Å². The maximum Gasteiger partial charge on any atom is 0.416 e. The number of aromatic nitrogens is 4. The number of carbonyl (C=O) groups excluding carboxylic acids is 2. The molecule has 0 spiro atoms. The molecule has 182 valence electrons. The molecule has 3 heterocycles. The molecule has 0 saturated heterocycles. The van der Waals surface area contributed by atoms with Gasteiger partial charge in [-0.25, -0.2) is 9.97 Å². The zero-order valence-corrected chi connectivity index (χ0v) is 19.3. The summed E-state index contributed by atoms with van der Waals surface area (Å²) >= 11 is 6.53. The predicted octanol–water partition coefficient (Wildman–Crippen LogP) is 4.77. The molecular weight excluding hydrogens is 489 g/mol. The minimum Gasteiger partial charge on any atom is -0.454 e. The monoisotopic (exact) mass is 506 g/mol. The fraction of sp³-hybridized carbons (Fsp3) is 0.227. The molecule has 3 aromatic rings. The largest absolute Gasteiger partial charge is 0.454 e.